The van der Waals surface area contributed by atoms with E-state index in [0.717, 1.165) is 36.6 Å². The molecule has 0 aromatic heterocycles. The monoisotopic (exact) mass is 267 g/mol. The summed E-state index contributed by atoms with van der Waals surface area (Å²) in [6.07, 6.45) is 0.579. The molecule has 3 N–H and O–H groups in total. The van der Waals surface area contributed by atoms with Crippen molar-refractivity contribution in [2.45, 2.75) is 12.5 Å². The lowest BCUT2D eigenvalue weighted by Gasteiger charge is -2.15. The van der Waals surface area contributed by atoms with Gasteiger partial charge in [-0.2, -0.15) is 0 Å². The third kappa shape index (κ3) is 3.62. The highest BCUT2D eigenvalue weighted by Crippen LogP contribution is 2.11. The standard InChI is InChI=1S/C13H18ClN3O/c14-8-12(18)9-17-11-4-2-10(3-5-11)13-15-6-1-7-16-13/h2-5,12,17-18H,1,6-9H2,(H,15,16). The van der Waals surface area contributed by atoms with Gasteiger partial charge in [-0.3, -0.25) is 4.99 Å². The number of alkyl halides is 1. The normalized spacial score (nSPS) is 16.7. The molecule has 4 nitrogen and oxygen atoms in total. The first kappa shape index (κ1) is 13.2. The largest absolute Gasteiger partial charge is 0.390 e. The van der Waals surface area contributed by atoms with Gasteiger partial charge in [0.15, 0.2) is 0 Å². The molecule has 98 valence electrons. The van der Waals surface area contributed by atoms with Crippen molar-refractivity contribution in [1.82, 2.24) is 5.32 Å². The second kappa shape index (κ2) is 6.61. The zero-order valence-electron chi connectivity index (χ0n) is 10.2. The van der Waals surface area contributed by atoms with Gasteiger partial charge >= 0.3 is 0 Å². The smallest absolute Gasteiger partial charge is 0.128 e. The van der Waals surface area contributed by atoms with E-state index in [1.807, 2.05) is 24.3 Å². The molecule has 18 heavy (non-hydrogen) atoms. The average molecular weight is 268 g/mol. The van der Waals surface area contributed by atoms with Gasteiger partial charge in [-0.1, -0.05) is 0 Å². The fourth-order valence-corrected chi connectivity index (χ4v) is 1.87. The number of rotatable bonds is 5. The van der Waals surface area contributed by atoms with E-state index >= 15 is 0 Å². The van der Waals surface area contributed by atoms with Gasteiger partial charge in [0.1, 0.15) is 5.84 Å². The van der Waals surface area contributed by atoms with Gasteiger partial charge in [0.25, 0.3) is 0 Å². The Morgan fingerprint density at radius 2 is 2.17 bits per heavy atom. The fraction of sp³-hybridized carbons (Fsp3) is 0.462. The van der Waals surface area contributed by atoms with E-state index in [-0.39, 0.29) is 5.88 Å². The van der Waals surface area contributed by atoms with Crippen molar-refractivity contribution in [1.29, 1.82) is 0 Å². The van der Waals surface area contributed by atoms with Crippen LogP contribution in [0.15, 0.2) is 29.3 Å². The van der Waals surface area contributed by atoms with Crippen LogP contribution in [0.1, 0.15) is 12.0 Å². The summed E-state index contributed by atoms with van der Waals surface area (Å²) in [5, 5.41) is 15.8. The predicted molar refractivity (Wildman–Crippen MR) is 75.7 cm³/mol. The first-order valence-electron chi connectivity index (χ1n) is 6.16. The van der Waals surface area contributed by atoms with Gasteiger partial charge in [0.05, 0.1) is 12.0 Å². The second-order valence-corrected chi connectivity index (χ2v) is 4.59. The third-order valence-corrected chi connectivity index (χ3v) is 3.13. The Kier molecular flexibility index (Phi) is 4.84. The van der Waals surface area contributed by atoms with Crippen LogP contribution in [-0.2, 0) is 0 Å². The molecular formula is C13H18ClN3O. The minimum absolute atomic E-state index is 0.242. The summed E-state index contributed by atoms with van der Waals surface area (Å²) < 4.78 is 0. The number of amidine groups is 1. The lowest BCUT2D eigenvalue weighted by Crippen LogP contribution is -2.30. The summed E-state index contributed by atoms with van der Waals surface area (Å²) in [6, 6.07) is 8.00. The van der Waals surface area contributed by atoms with E-state index in [1.165, 1.54) is 0 Å². The number of hydrogen-bond donors (Lipinski definition) is 3. The van der Waals surface area contributed by atoms with Crippen molar-refractivity contribution >= 4 is 23.1 Å². The summed E-state index contributed by atoms with van der Waals surface area (Å²) in [5.41, 5.74) is 2.07. The molecule has 0 saturated heterocycles. The summed E-state index contributed by atoms with van der Waals surface area (Å²) in [6.45, 7) is 2.34. The zero-order valence-corrected chi connectivity index (χ0v) is 11.0. The van der Waals surface area contributed by atoms with Crippen LogP contribution in [-0.4, -0.2) is 42.6 Å². The van der Waals surface area contributed by atoms with Crippen LogP contribution in [0.3, 0.4) is 0 Å². The first-order chi connectivity index (χ1) is 8.79. The van der Waals surface area contributed by atoms with Crippen LogP contribution in [0, 0.1) is 0 Å². The van der Waals surface area contributed by atoms with Crippen LogP contribution in [0.25, 0.3) is 0 Å². The maximum absolute atomic E-state index is 9.35. The van der Waals surface area contributed by atoms with Gasteiger partial charge < -0.3 is 15.7 Å². The molecule has 1 aromatic rings. The van der Waals surface area contributed by atoms with E-state index in [9.17, 15) is 5.11 Å². The number of benzene rings is 1. The van der Waals surface area contributed by atoms with E-state index in [0.29, 0.717) is 6.54 Å². The van der Waals surface area contributed by atoms with Crippen molar-refractivity contribution in [3.05, 3.63) is 29.8 Å². The topological polar surface area (TPSA) is 56.6 Å². The Morgan fingerprint density at radius 1 is 1.39 bits per heavy atom. The van der Waals surface area contributed by atoms with Crippen LogP contribution in [0.2, 0.25) is 0 Å². The fourth-order valence-electron chi connectivity index (χ4n) is 1.76. The number of hydrogen-bond acceptors (Lipinski definition) is 4. The third-order valence-electron chi connectivity index (χ3n) is 2.78. The highest BCUT2D eigenvalue weighted by molar-refractivity contribution is 6.18. The van der Waals surface area contributed by atoms with Gasteiger partial charge in [-0.05, 0) is 30.7 Å². The number of nitrogens with zero attached hydrogens (tertiary/aromatic N) is 1. The molecule has 0 aliphatic carbocycles. The maximum Gasteiger partial charge on any atom is 0.128 e. The first-order valence-corrected chi connectivity index (χ1v) is 6.69. The van der Waals surface area contributed by atoms with Gasteiger partial charge in [-0.25, -0.2) is 0 Å². The van der Waals surface area contributed by atoms with Gasteiger partial charge in [-0.15, -0.1) is 11.6 Å². The lowest BCUT2D eigenvalue weighted by molar-refractivity contribution is 0.211. The molecule has 0 fully saturated rings. The van der Waals surface area contributed by atoms with Crippen LogP contribution < -0.4 is 10.6 Å². The predicted octanol–water partition coefficient (Wildman–Crippen LogP) is 1.44. The molecule has 0 amide bonds. The van der Waals surface area contributed by atoms with Gasteiger partial charge in [0, 0.05) is 30.9 Å². The molecule has 0 spiro atoms. The van der Waals surface area contributed by atoms with Crippen molar-refractivity contribution in [2.24, 2.45) is 4.99 Å². The number of nitrogens with one attached hydrogen (secondary N) is 2. The Labute approximate surface area is 112 Å². The van der Waals surface area contributed by atoms with Crippen molar-refractivity contribution in [2.75, 3.05) is 30.8 Å². The molecule has 5 heteroatoms. The van der Waals surface area contributed by atoms with Crippen LogP contribution in [0.5, 0.6) is 0 Å². The van der Waals surface area contributed by atoms with Crippen molar-refractivity contribution in [3.8, 4) is 0 Å². The summed E-state index contributed by atoms with van der Waals surface area (Å²) in [7, 11) is 0. The second-order valence-electron chi connectivity index (χ2n) is 4.28. The molecule has 1 aliphatic heterocycles. The molecule has 0 bridgehead atoms. The van der Waals surface area contributed by atoms with Gasteiger partial charge in [0.2, 0.25) is 0 Å². The zero-order chi connectivity index (χ0) is 12.8. The average Bonchev–Trinajstić information content (AvgIpc) is 2.46. The molecule has 1 unspecified atom stereocenters. The number of anilines is 1. The molecule has 1 aliphatic rings. The number of halogens is 1. The Morgan fingerprint density at radius 3 is 2.78 bits per heavy atom. The molecule has 0 radical (unpaired) electrons. The quantitative estimate of drug-likeness (QED) is 0.708. The minimum atomic E-state index is -0.518. The Balaban J connectivity index is 1.95. The minimum Gasteiger partial charge on any atom is -0.390 e. The molecule has 0 saturated carbocycles. The summed E-state index contributed by atoms with van der Waals surface area (Å²) in [4.78, 5) is 4.44. The Hall–Kier alpha value is -1.26. The summed E-state index contributed by atoms with van der Waals surface area (Å²) in [5.74, 6) is 1.21. The van der Waals surface area contributed by atoms with E-state index in [1.54, 1.807) is 0 Å². The molecular weight excluding hydrogens is 250 g/mol. The Bertz CT molecular complexity index is 405. The number of aliphatic hydroxyl groups is 1. The highest BCUT2D eigenvalue weighted by Gasteiger charge is 2.07. The molecule has 2 rings (SSSR count). The SMILES string of the molecule is OC(CCl)CNc1ccc(C2=NCCCN2)cc1. The number of aliphatic imine (C=N–C) groups is 1. The maximum atomic E-state index is 9.35. The van der Waals surface area contributed by atoms with E-state index in [2.05, 4.69) is 15.6 Å². The van der Waals surface area contributed by atoms with Crippen LogP contribution >= 0.6 is 11.6 Å². The molecule has 1 heterocycles. The van der Waals surface area contributed by atoms with E-state index < -0.39 is 6.10 Å². The van der Waals surface area contributed by atoms with Crippen molar-refractivity contribution < 1.29 is 5.11 Å². The van der Waals surface area contributed by atoms with Crippen LogP contribution in [0.4, 0.5) is 5.69 Å². The highest BCUT2D eigenvalue weighted by atomic mass is 35.5. The van der Waals surface area contributed by atoms with E-state index in [4.69, 9.17) is 11.6 Å². The molecule has 1 aromatic carbocycles. The molecule has 1 atom stereocenters. The number of aliphatic hydroxyl groups excluding tert-OH is 1. The summed E-state index contributed by atoms with van der Waals surface area (Å²) >= 11 is 5.53. The van der Waals surface area contributed by atoms with Crippen molar-refractivity contribution in [3.63, 3.8) is 0 Å². The lowest BCUT2D eigenvalue weighted by atomic mass is 10.1.